The fourth-order valence-electron chi connectivity index (χ4n) is 2.45. The molecule has 1 fully saturated rings. The largest absolute Gasteiger partial charge is 0.366 e. The monoisotopic (exact) mass is 260 g/mol. The molecule has 98 valence electrons. The molecule has 0 aromatic heterocycles. The maximum Gasteiger partial charge on any atom is 0.319 e. The van der Waals surface area contributed by atoms with Crippen LogP contribution in [0.2, 0.25) is 0 Å². The van der Waals surface area contributed by atoms with Gasteiger partial charge in [-0.1, -0.05) is 4.36 Å². The molecule has 0 unspecified atom stereocenters. The number of hydrogen-bond donors (Lipinski definition) is 1. The van der Waals surface area contributed by atoms with Crippen LogP contribution in [-0.4, -0.2) is 30.5 Å². The Kier molecular flexibility index (Phi) is 3.81. The summed E-state index contributed by atoms with van der Waals surface area (Å²) in [4.78, 5) is 0. The van der Waals surface area contributed by atoms with Gasteiger partial charge in [-0.3, -0.25) is 5.01 Å². The van der Waals surface area contributed by atoms with E-state index in [1.54, 1.807) is 0 Å². The number of hydrazone groups is 1. The van der Waals surface area contributed by atoms with Crippen LogP contribution in [-0.2, 0) is 10.5 Å². The molecule has 1 rings (SSSR count). The Labute approximate surface area is 104 Å². The molecule has 0 amide bonds. The van der Waals surface area contributed by atoms with E-state index in [2.05, 4.69) is 37.2 Å². The molecule has 1 heterocycles. The van der Waals surface area contributed by atoms with E-state index in [-0.39, 0.29) is 17.0 Å². The molecule has 0 saturated carbocycles. The van der Waals surface area contributed by atoms with E-state index >= 15 is 0 Å². The van der Waals surface area contributed by atoms with Crippen LogP contribution in [0.1, 0.15) is 47.0 Å². The minimum Gasteiger partial charge on any atom is -0.366 e. The van der Waals surface area contributed by atoms with E-state index in [9.17, 15) is 8.42 Å². The van der Waals surface area contributed by atoms with Crippen LogP contribution in [0.25, 0.3) is 0 Å². The highest BCUT2D eigenvalue weighted by Gasteiger charge is 2.40. The molecule has 0 bridgehead atoms. The Morgan fingerprint density at radius 3 is 2.06 bits per heavy atom. The summed E-state index contributed by atoms with van der Waals surface area (Å²) in [6, 6.07) is 0. The van der Waals surface area contributed by atoms with Crippen molar-refractivity contribution in [2.45, 2.75) is 58.0 Å². The van der Waals surface area contributed by atoms with Gasteiger partial charge in [0.25, 0.3) is 5.96 Å². The van der Waals surface area contributed by atoms with Gasteiger partial charge in [0.2, 0.25) is 0 Å². The highest BCUT2D eigenvalue weighted by atomic mass is 32.2. The third-order valence-corrected chi connectivity index (χ3v) is 3.43. The Morgan fingerprint density at radius 2 is 1.65 bits per heavy atom. The van der Waals surface area contributed by atoms with Crippen LogP contribution in [0.5, 0.6) is 0 Å². The highest BCUT2D eigenvalue weighted by Crippen LogP contribution is 2.38. The zero-order chi connectivity index (χ0) is 13.3. The maximum absolute atomic E-state index is 10.4. The fraction of sp³-hybridized carbons (Fsp3) is 0.900. The second-order valence-corrected chi connectivity index (χ2v) is 6.17. The van der Waals surface area contributed by atoms with Gasteiger partial charge >= 0.3 is 10.5 Å². The minimum atomic E-state index is -2.56. The van der Waals surface area contributed by atoms with E-state index in [0.29, 0.717) is 0 Å². The van der Waals surface area contributed by atoms with Gasteiger partial charge in [0.05, 0.1) is 11.1 Å². The molecule has 0 aromatic rings. The van der Waals surface area contributed by atoms with Crippen LogP contribution in [0, 0.1) is 0 Å². The first-order chi connectivity index (χ1) is 7.65. The smallest absolute Gasteiger partial charge is 0.319 e. The average Bonchev–Trinajstić information content (AvgIpc) is 2.09. The number of rotatable bonds is 1. The van der Waals surface area contributed by atoms with Crippen molar-refractivity contribution in [3.8, 4) is 0 Å². The van der Waals surface area contributed by atoms with Crippen LogP contribution >= 0.6 is 0 Å². The van der Waals surface area contributed by atoms with E-state index < -0.39 is 10.5 Å². The topological polar surface area (TPSA) is 88.1 Å². The van der Waals surface area contributed by atoms with Crippen molar-refractivity contribution < 1.29 is 8.42 Å². The lowest BCUT2D eigenvalue weighted by atomic mass is 9.82. The first kappa shape index (κ1) is 14.0. The van der Waals surface area contributed by atoms with Crippen LogP contribution < -0.4 is 5.73 Å². The van der Waals surface area contributed by atoms with E-state index in [1.807, 2.05) is 5.01 Å². The predicted octanol–water partition coefficient (Wildman–Crippen LogP) is 1.32. The summed E-state index contributed by atoms with van der Waals surface area (Å²) in [5, 5.41) is 6.02. The van der Waals surface area contributed by atoms with Gasteiger partial charge in [-0.15, -0.1) is 5.10 Å². The van der Waals surface area contributed by atoms with Crippen LogP contribution in [0.3, 0.4) is 0 Å². The van der Waals surface area contributed by atoms with Crippen molar-refractivity contribution in [3.63, 3.8) is 0 Å². The summed E-state index contributed by atoms with van der Waals surface area (Å²) in [5.41, 5.74) is 5.20. The zero-order valence-corrected chi connectivity index (χ0v) is 11.6. The highest BCUT2D eigenvalue weighted by molar-refractivity contribution is 7.62. The van der Waals surface area contributed by atoms with E-state index in [1.165, 1.54) is 0 Å². The molecule has 0 radical (unpaired) electrons. The first-order valence-corrected chi connectivity index (χ1v) is 6.64. The predicted molar refractivity (Wildman–Crippen MR) is 66.8 cm³/mol. The molecule has 0 atom stereocenters. The normalized spacial score (nSPS) is 23.3. The molecule has 1 aliphatic rings. The van der Waals surface area contributed by atoms with Crippen molar-refractivity contribution in [1.82, 2.24) is 5.01 Å². The van der Waals surface area contributed by atoms with Crippen molar-refractivity contribution in [3.05, 3.63) is 0 Å². The SMILES string of the molecule is CC1(C)CCCC(C)(C)N1N=C(N)N=S(=O)=O. The molecule has 7 heteroatoms. The summed E-state index contributed by atoms with van der Waals surface area (Å²) < 4.78 is 24.1. The van der Waals surface area contributed by atoms with Crippen molar-refractivity contribution in [2.24, 2.45) is 15.2 Å². The molecule has 6 nitrogen and oxygen atoms in total. The van der Waals surface area contributed by atoms with Crippen LogP contribution in [0.15, 0.2) is 9.46 Å². The van der Waals surface area contributed by atoms with Crippen molar-refractivity contribution >= 4 is 16.5 Å². The summed E-state index contributed by atoms with van der Waals surface area (Å²) in [7, 11) is -2.56. The van der Waals surface area contributed by atoms with E-state index in [0.717, 1.165) is 19.3 Å². The molecular weight excluding hydrogens is 240 g/mol. The third-order valence-electron chi connectivity index (χ3n) is 3.09. The Morgan fingerprint density at radius 1 is 1.18 bits per heavy atom. The van der Waals surface area contributed by atoms with Gasteiger partial charge in [0.15, 0.2) is 0 Å². The second kappa shape index (κ2) is 4.64. The number of hydrogen-bond acceptors (Lipinski definition) is 4. The third kappa shape index (κ3) is 3.42. The first-order valence-electron chi connectivity index (χ1n) is 5.61. The molecule has 2 N–H and O–H groups in total. The summed E-state index contributed by atoms with van der Waals surface area (Å²) in [6.07, 6.45) is 3.11. The van der Waals surface area contributed by atoms with Crippen molar-refractivity contribution in [2.75, 3.05) is 0 Å². The Hall–Kier alpha value is -1.11. The standard InChI is InChI=1S/C10H20N4O2S/c1-9(2)6-5-7-10(3,4)14(9)12-8(11)13-17(15)16/h5-7H2,1-4H3,(H2,11,12). The minimum absolute atomic E-state index is 0.147. The maximum atomic E-state index is 10.4. The van der Waals surface area contributed by atoms with Crippen molar-refractivity contribution in [1.29, 1.82) is 0 Å². The van der Waals surface area contributed by atoms with Gasteiger partial charge in [-0.2, -0.15) is 8.42 Å². The summed E-state index contributed by atoms with van der Waals surface area (Å²) in [6.45, 7) is 8.27. The van der Waals surface area contributed by atoms with Crippen LogP contribution in [0.4, 0.5) is 0 Å². The molecule has 0 aromatic carbocycles. The molecule has 0 aliphatic carbocycles. The lowest BCUT2D eigenvalue weighted by molar-refractivity contribution is -0.0249. The van der Waals surface area contributed by atoms with Gasteiger partial charge in [0, 0.05) is 0 Å². The van der Waals surface area contributed by atoms with Gasteiger partial charge < -0.3 is 5.73 Å². The quantitative estimate of drug-likeness (QED) is 0.569. The second-order valence-electron chi connectivity index (χ2n) is 5.56. The van der Waals surface area contributed by atoms with E-state index in [4.69, 9.17) is 5.73 Å². The molecule has 1 aliphatic heterocycles. The van der Waals surface area contributed by atoms with Gasteiger partial charge in [0.1, 0.15) is 0 Å². The Balaban J connectivity index is 3.11. The molecule has 0 spiro atoms. The average molecular weight is 260 g/mol. The molecule has 17 heavy (non-hydrogen) atoms. The number of piperidine rings is 1. The van der Waals surface area contributed by atoms with Gasteiger partial charge in [-0.25, -0.2) is 0 Å². The molecule has 1 saturated heterocycles. The number of guanidine groups is 1. The Bertz CT molecular complexity index is 427. The number of nitrogens with zero attached hydrogens (tertiary/aromatic N) is 3. The fourth-order valence-corrected chi connectivity index (χ4v) is 2.64. The summed E-state index contributed by atoms with van der Waals surface area (Å²) in [5.74, 6) is -0.221. The van der Waals surface area contributed by atoms with Gasteiger partial charge in [-0.05, 0) is 47.0 Å². The number of nitrogens with two attached hydrogens (primary N) is 1. The lowest BCUT2D eigenvalue weighted by Crippen LogP contribution is -2.56. The zero-order valence-electron chi connectivity index (χ0n) is 10.8. The summed E-state index contributed by atoms with van der Waals surface area (Å²) >= 11 is 0. The molecular formula is C10H20N4O2S. The lowest BCUT2D eigenvalue weighted by Gasteiger charge is -2.50.